The summed E-state index contributed by atoms with van der Waals surface area (Å²) >= 11 is 6.14. The van der Waals surface area contributed by atoms with E-state index in [4.69, 9.17) is 22.2 Å². The molecule has 0 fully saturated rings. The first-order valence-electron chi connectivity index (χ1n) is 6.69. The summed E-state index contributed by atoms with van der Waals surface area (Å²) in [7, 11) is 0. The molecule has 1 aromatic heterocycles. The number of nitrogens with two attached hydrogens (primary N) is 1. The first-order valence-corrected chi connectivity index (χ1v) is 7.07. The largest absolute Gasteiger partial charge is 0.493 e. The van der Waals surface area contributed by atoms with Crippen LogP contribution in [0.5, 0.6) is 5.75 Å². The first-order chi connectivity index (χ1) is 10.2. The van der Waals surface area contributed by atoms with Gasteiger partial charge in [0.05, 0.1) is 18.3 Å². The molecule has 4 nitrogen and oxygen atoms in total. The molecule has 0 aliphatic carbocycles. The van der Waals surface area contributed by atoms with Crippen molar-refractivity contribution in [3.05, 3.63) is 58.1 Å². The van der Waals surface area contributed by atoms with E-state index in [1.807, 2.05) is 12.1 Å². The average molecular weight is 308 g/mol. The van der Waals surface area contributed by atoms with Crippen molar-refractivity contribution in [2.75, 3.05) is 6.61 Å². The Morgan fingerprint density at radius 2 is 2.33 bits per heavy atom. The lowest BCUT2D eigenvalue weighted by molar-refractivity contribution is 0.351. The number of hydrazine groups is 1. The third kappa shape index (κ3) is 2.85. The Kier molecular flexibility index (Phi) is 4.05. The minimum absolute atomic E-state index is 0.284. The van der Waals surface area contributed by atoms with E-state index in [2.05, 4.69) is 10.4 Å². The Morgan fingerprint density at radius 3 is 3.10 bits per heavy atom. The molecule has 2 aromatic rings. The monoisotopic (exact) mass is 307 g/mol. The van der Waals surface area contributed by atoms with Crippen LogP contribution in [0.4, 0.5) is 4.39 Å². The number of nitrogens with zero attached hydrogens (tertiary/aromatic N) is 1. The molecule has 0 bridgehead atoms. The number of rotatable bonds is 4. The Hall–Kier alpha value is -1.69. The van der Waals surface area contributed by atoms with Crippen molar-refractivity contribution in [1.29, 1.82) is 0 Å². The van der Waals surface area contributed by atoms with Crippen LogP contribution in [-0.2, 0) is 12.8 Å². The van der Waals surface area contributed by atoms with Gasteiger partial charge in [-0.25, -0.2) is 4.39 Å². The number of pyridine rings is 1. The van der Waals surface area contributed by atoms with Gasteiger partial charge < -0.3 is 4.74 Å². The molecule has 0 saturated carbocycles. The molecule has 3 rings (SSSR count). The number of fused-ring (bicyclic) bond motifs is 1. The molecule has 0 amide bonds. The molecule has 1 aromatic carbocycles. The second-order valence-corrected chi connectivity index (χ2v) is 5.38. The van der Waals surface area contributed by atoms with Crippen LogP contribution in [0, 0.1) is 5.82 Å². The van der Waals surface area contributed by atoms with Gasteiger partial charge >= 0.3 is 0 Å². The lowest BCUT2D eigenvalue weighted by Crippen LogP contribution is -2.31. The fourth-order valence-corrected chi connectivity index (χ4v) is 2.87. The zero-order chi connectivity index (χ0) is 14.8. The molecule has 3 N–H and O–H groups in total. The van der Waals surface area contributed by atoms with Crippen molar-refractivity contribution in [3.63, 3.8) is 0 Å². The second kappa shape index (κ2) is 5.97. The van der Waals surface area contributed by atoms with Crippen molar-refractivity contribution in [2.24, 2.45) is 5.84 Å². The molecule has 1 unspecified atom stereocenters. The van der Waals surface area contributed by atoms with E-state index < -0.39 is 6.04 Å². The maximum absolute atomic E-state index is 13.9. The van der Waals surface area contributed by atoms with Gasteiger partial charge in [-0.05, 0) is 41.8 Å². The molecular formula is C15H15ClFN3O. The summed E-state index contributed by atoms with van der Waals surface area (Å²) in [6, 6.07) is 6.20. The molecular weight excluding hydrogens is 293 g/mol. The second-order valence-electron chi connectivity index (χ2n) is 4.95. The highest BCUT2D eigenvalue weighted by Crippen LogP contribution is 2.35. The van der Waals surface area contributed by atoms with E-state index in [0.29, 0.717) is 18.1 Å². The van der Waals surface area contributed by atoms with Gasteiger partial charge in [-0.3, -0.25) is 16.3 Å². The van der Waals surface area contributed by atoms with Crippen LogP contribution in [0.1, 0.15) is 22.9 Å². The van der Waals surface area contributed by atoms with E-state index in [1.165, 1.54) is 6.07 Å². The Balaban J connectivity index is 1.94. The van der Waals surface area contributed by atoms with Crippen LogP contribution in [0.3, 0.4) is 0 Å². The Morgan fingerprint density at radius 1 is 1.48 bits per heavy atom. The maximum atomic E-state index is 13.9. The summed E-state index contributed by atoms with van der Waals surface area (Å²) in [4.78, 5) is 4.07. The molecule has 0 saturated heterocycles. The molecule has 2 heterocycles. The highest BCUT2D eigenvalue weighted by atomic mass is 35.5. The van der Waals surface area contributed by atoms with Crippen LogP contribution in [-0.4, -0.2) is 11.6 Å². The minimum Gasteiger partial charge on any atom is -0.493 e. The SMILES string of the molecule is NNC(Cc1cc(Cl)cc2c1OCC2)c1ncccc1F. The van der Waals surface area contributed by atoms with E-state index >= 15 is 0 Å². The zero-order valence-electron chi connectivity index (χ0n) is 11.3. The Labute approximate surface area is 127 Å². The number of hydrogen-bond donors (Lipinski definition) is 2. The quantitative estimate of drug-likeness (QED) is 0.673. The first kappa shape index (κ1) is 14.3. The van der Waals surface area contributed by atoms with Crippen molar-refractivity contribution in [3.8, 4) is 5.75 Å². The van der Waals surface area contributed by atoms with Crippen LogP contribution in [0.2, 0.25) is 5.02 Å². The molecule has 0 spiro atoms. The predicted molar refractivity (Wildman–Crippen MR) is 78.6 cm³/mol. The number of aromatic nitrogens is 1. The fourth-order valence-electron chi connectivity index (χ4n) is 2.61. The number of halogens is 2. The van der Waals surface area contributed by atoms with Gasteiger partial charge in [-0.15, -0.1) is 0 Å². The minimum atomic E-state index is -0.446. The predicted octanol–water partition coefficient (Wildman–Crippen LogP) is 2.56. The van der Waals surface area contributed by atoms with Crippen LogP contribution in [0.25, 0.3) is 0 Å². The van der Waals surface area contributed by atoms with E-state index in [-0.39, 0.29) is 11.5 Å². The molecule has 0 radical (unpaired) electrons. The van der Waals surface area contributed by atoms with Crippen LogP contribution >= 0.6 is 11.6 Å². The molecule has 1 aliphatic rings. The van der Waals surface area contributed by atoms with Gasteiger partial charge in [0, 0.05) is 17.6 Å². The van der Waals surface area contributed by atoms with E-state index in [9.17, 15) is 4.39 Å². The van der Waals surface area contributed by atoms with Crippen molar-refractivity contribution >= 4 is 11.6 Å². The van der Waals surface area contributed by atoms with E-state index in [0.717, 1.165) is 23.3 Å². The molecule has 21 heavy (non-hydrogen) atoms. The molecule has 1 aliphatic heterocycles. The third-order valence-corrected chi connectivity index (χ3v) is 3.79. The van der Waals surface area contributed by atoms with Gasteiger partial charge in [0.25, 0.3) is 0 Å². The summed E-state index contributed by atoms with van der Waals surface area (Å²) < 4.78 is 19.5. The van der Waals surface area contributed by atoms with Crippen LogP contribution in [0.15, 0.2) is 30.5 Å². The number of ether oxygens (including phenoxy) is 1. The smallest absolute Gasteiger partial charge is 0.146 e. The number of nitrogens with one attached hydrogen (secondary N) is 1. The molecule has 110 valence electrons. The van der Waals surface area contributed by atoms with Crippen LogP contribution < -0.4 is 16.0 Å². The third-order valence-electron chi connectivity index (χ3n) is 3.57. The summed E-state index contributed by atoms with van der Waals surface area (Å²) in [5, 5.41) is 0.645. The summed E-state index contributed by atoms with van der Waals surface area (Å²) in [6.45, 7) is 0.640. The zero-order valence-corrected chi connectivity index (χ0v) is 12.0. The Bertz CT molecular complexity index is 665. The highest BCUT2D eigenvalue weighted by molar-refractivity contribution is 6.30. The highest BCUT2D eigenvalue weighted by Gasteiger charge is 2.22. The van der Waals surface area contributed by atoms with Gasteiger partial charge in [0.15, 0.2) is 0 Å². The fraction of sp³-hybridized carbons (Fsp3) is 0.267. The lowest BCUT2D eigenvalue weighted by Gasteiger charge is -2.18. The van der Waals surface area contributed by atoms with Gasteiger partial charge in [0.1, 0.15) is 11.6 Å². The van der Waals surface area contributed by atoms with Crippen molar-refractivity contribution in [2.45, 2.75) is 18.9 Å². The number of benzene rings is 1. The lowest BCUT2D eigenvalue weighted by atomic mass is 9.99. The standard InChI is InChI=1S/C15H15ClFN3O/c16-11-6-9-3-5-21-15(9)10(7-11)8-13(20-18)14-12(17)2-1-4-19-14/h1-2,4,6-7,13,20H,3,5,8,18H2. The van der Waals surface area contributed by atoms with Gasteiger partial charge in [-0.1, -0.05) is 11.6 Å². The summed E-state index contributed by atoms with van der Waals surface area (Å²) in [6.07, 6.45) is 2.83. The van der Waals surface area contributed by atoms with Gasteiger partial charge in [0.2, 0.25) is 0 Å². The average Bonchev–Trinajstić information content (AvgIpc) is 2.93. The van der Waals surface area contributed by atoms with Crippen molar-refractivity contribution < 1.29 is 9.13 Å². The van der Waals surface area contributed by atoms with E-state index in [1.54, 1.807) is 12.3 Å². The molecule has 6 heteroatoms. The summed E-state index contributed by atoms with van der Waals surface area (Å²) in [5.74, 6) is 6.02. The maximum Gasteiger partial charge on any atom is 0.146 e. The molecule has 1 atom stereocenters. The normalized spacial score (nSPS) is 14.6. The van der Waals surface area contributed by atoms with Crippen molar-refractivity contribution in [1.82, 2.24) is 10.4 Å². The summed E-state index contributed by atoms with van der Waals surface area (Å²) in [5.41, 5.74) is 4.89. The topological polar surface area (TPSA) is 60.2 Å². The van der Waals surface area contributed by atoms with Gasteiger partial charge in [-0.2, -0.15) is 0 Å². The number of hydrogen-bond acceptors (Lipinski definition) is 4.